The molecule has 1 N–H and O–H groups in total. The van der Waals surface area contributed by atoms with Crippen LogP contribution in [-0.2, 0) is 9.84 Å². The van der Waals surface area contributed by atoms with E-state index in [1.165, 1.54) is 24.3 Å². The van der Waals surface area contributed by atoms with Crippen molar-refractivity contribution in [3.63, 3.8) is 0 Å². The molecule has 0 aliphatic carbocycles. The lowest BCUT2D eigenvalue weighted by Gasteiger charge is -2.26. The van der Waals surface area contributed by atoms with Crippen molar-refractivity contribution in [1.82, 2.24) is 5.32 Å². The van der Waals surface area contributed by atoms with Crippen LogP contribution in [0.4, 0.5) is 0 Å². The summed E-state index contributed by atoms with van der Waals surface area (Å²) in [5, 5.41) is 2.98. The second-order valence-electron chi connectivity index (χ2n) is 5.50. The number of hydrogen-bond donors (Lipinski definition) is 1. The van der Waals surface area contributed by atoms with Crippen molar-refractivity contribution < 1.29 is 17.9 Å². The number of para-hydroxylation sites is 1. The Bertz CT molecular complexity index is 828. The molecule has 1 amide bonds. The molecule has 0 radical (unpaired) electrons. The number of rotatable bonds is 3. The van der Waals surface area contributed by atoms with E-state index in [2.05, 4.69) is 5.32 Å². The van der Waals surface area contributed by atoms with E-state index in [9.17, 15) is 13.2 Å². The average molecular weight is 331 g/mol. The highest BCUT2D eigenvalue weighted by Gasteiger charge is 2.23. The van der Waals surface area contributed by atoms with E-state index in [1.807, 2.05) is 24.3 Å². The van der Waals surface area contributed by atoms with Gasteiger partial charge in [-0.05, 0) is 30.3 Å². The molecule has 0 bridgehead atoms. The van der Waals surface area contributed by atoms with E-state index >= 15 is 0 Å². The van der Waals surface area contributed by atoms with Gasteiger partial charge in [0.2, 0.25) is 0 Å². The molecule has 1 aliphatic heterocycles. The van der Waals surface area contributed by atoms with Gasteiger partial charge in [-0.15, -0.1) is 0 Å². The molecule has 0 spiro atoms. The molecule has 2 aromatic carbocycles. The molecular formula is C17H17NO4S. The lowest BCUT2D eigenvalue weighted by Crippen LogP contribution is -2.32. The van der Waals surface area contributed by atoms with E-state index < -0.39 is 9.84 Å². The van der Waals surface area contributed by atoms with Crippen LogP contribution in [0.15, 0.2) is 53.4 Å². The van der Waals surface area contributed by atoms with Crippen LogP contribution in [0.2, 0.25) is 0 Å². The van der Waals surface area contributed by atoms with Crippen LogP contribution in [0.1, 0.15) is 28.4 Å². The summed E-state index contributed by atoms with van der Waals surface area (Å²) < 4.78 is 28.5. The fourth-order valence-electron chi connectivity index (χ4n) is 2.59. The number of fused-ring (bicyclic) bond motifs is 1. The van der Waals surface area contributed by atoms with Gasteiger partial charge in [0, 0.05) is 23.8 Å². The fourth-order valence-corrected chi connectivity index (χ4v) is 3.22. The smallest absolute Gasteiger partial charge is 0.251 e. The first-order chi connectivity index (χ1) is 10.9. The van der Waals surface area contributed by atoms with Gasteiger partial charge in [-0.25, -0.2) is 8.42 Å². The lowest BCUT2D eigenvalue weighted by molar-refractivity contribution is 0.0924. The minimum atomic E-state index is -3.26. The molecule has 5 nitrogen and oxygen atoms in total. The van der Waals surface area contributed by atoms with Crippen molar-refractivity contribution in [2.75, 3.05) is 12.9 Å². The maximum Gasteiger partial charge on any atom is 0.251 e. The largest absolute Gasteiger partial charge is 0.493 e. The van der Waals surface area contributed by atoms with E-state index in [-0.39, 0.29) is 16.8 Å². The van der Waals surface area contributed by atoms with E-state index in [0.29, 0.717) is 18.6 Å². The maximum absolute atomic E-state index is 12.4. The number of carbonyl (C=O) groups is 1. The number of hydrogen-bond acceptors (Lipinski definition) is 4. The van der Waals surface area contributed by atoms with Crippen LogP contribution >= 0.6 is 0 Å². The molecule has 1 aliphatic rings. The highest BCUT2D eigenvalue weighted by atomic mass is 32.2. The molecule has 120 valence electrons. The highest BCUT2D eigenvalue weighted by Crippen LogP contribution is 2.31. The Balaban J connectivity index is 1.78. The van der Waals surface area contributed by atoms with Gasteiger partial charge in [0.15, 0.2) is 9.84 Å². The van der Waals surface area contributed by atoms with E-state index in [0.717, 1.165) is 17.6 Å². The van der Waals surface area contributed by atoms with Gasteiger partial charge in [0.25, 0.3) is 5.91 Å². The monoisotopic (exact) mass is 331 g/mol. The SMILES string of the molecule is CS(=O)(=O)c1ccc(C(=O)N[C@H]2CCOc3ccccc32)cc1. The summed E-state index contributed by atoms with van der Waals surface area (Å²) in [7, 11) is -3.26. The van der Waals surface area contributed by atoms with Crippen LogP contribution in [-0.4, -0.2) is 27.2 Å². The summed E-state index contributed by atoms with van der Waals surface area (Å²) >= 11 is 0. The average Bonchev–Trinajstić information content (AvgIpc) is 2.54. The topological polar surface area (TPSA) is 72.5 Å². The summed E-state index contributed by atoms with van der Waals surface area (Å²) in [4.78, 5) is 12.6. The molecular weight excluding hydrogens is 314 g/mol. The Labute approximate surface area is 135 Å². The molecule has 2 aromatic rings. The van der Waals surface area contributed by atoms with Gasteiger partial charge in [0.05, 0.1) is 17.5 Å². The zero-order valence-electron chi connectivity index (χ0n) is 12.7. The first kappa shape index (κ1) is 15.6. The number of ether oxygens (including phenoxy) is 1. The number of carbonyl (C=O) groups excluding carboxylic acids is 1. The highest BCUT2D eigenvalue weighted by molar-refractivity contribution is 7.90. The molecule has 0 unspecified atom stereocenters. The molecule has 0 fully saturated rings. The standard InChI is InChI=1S/C17H17NO4S/c1-23(20,21)13-8-6-12(7-9-13)17(19)18-15-10-11-22-16-5-3-2-4-14(15)16/h2-9,15H,10-11H2,1H3,(H,18,19)/t15-/m0/s1. The summed E-state index contributed by atoms with van der Waals surface area (Å²) in [5.41, 5.74) is 1.39. The normalized spacial score (nSPS) is 17.0. The molecule has 0 saturated heterocycles. The maximum atomic E-state index is 12.4. The van der Waals surface area contributed by atoms with Gasteiger partial charge in [-0.2, -0.15) is 0 Å². The van der Waals surface area contributed by atoms with Crippen LogP contribution in [0.3, 0.4) is 0 Å². The fraction of sp³-hybridized carbons (Fsp3) is 0.235. The molecule has 3 rings (SSSR count). The summed E-state index contributed by atoms with van der Waals surface area (Å²) in [6.45, 7) is 0.551. The quantitative estimate of drug-likeness (QED) is 0.937. The first-order valence-corrected chi connectivity index (χ1v) is 9.17. The number of benzene rings is 2. The van der Waals surface area contributed by atoms with Crippen molar-refractivity contribution >= 4 is 15.7 Å². The van der Waals surface area contributed by atoms with Crippen molar-refractivity contribution in [2.45, 2.75) is 17.4 Å². The van der Waals surface area contributed by atoms with Gasteiger partial charge in [-0.3, -0.25) is 4.79 Å². The Kier molecular flexibility index (Phi) is 4.09. The van der Waals surface area contributed by atoms with Crippen LogP contribution in [0.25, 0.3) is 0 Å². The van der Waals surface area contributed by atoms with Crippen LogP contribution < -0.4 is 10.1 Å². The molecule has 1 heterocycles. The van der Waals surface area contributed by atoms with Crippen LogP contribution in [0, 0.1) is 0 Å². The summed E-state index contributed by atoms with van der Waals surface area (Å²) in [5.74, 6) is 0.559. The van der Waals surface area contributed by atoms with Gasteiger partial charge >= 0.3 is 0 Å². The third-order valence-corrected chi connectivity index (χ3v) is 4.94. The van der Waals surface area contributed by atoms with Gasteiger partial charge < -0.3 is 10.1 Å². The Hall–Kier alpha value is -2.34. The van der Waals surface area contributed by atoms with E-state index in [4.69, 9.17) is 4.74 Å². The third-order valence-electron chi connectivity index (χ3n) is 3.81. The molecule has 6 heteroatoms. The van der Waals surface area contributed by atoms with Crippen molar-refractivity contribution in [1.29, 1.82) is 0 Å². The number of nitrogens with one attached hydrogen (secondary N) is 1. The van der Waals surface area contributed by atoms with Crippen molar-refractivity contribution in [3.8, 4) is 5.75 Å². The second kappa shape index (κ2) is 6.04. The molecule has 23 heavy (non-hydrogen) atoms. The first-order valence-electron chi connectivity index (χ1n) is 7.28. The summed E-state index contributed by atoms with van der Waals surface area (Å²) in [6.07, 6.45) is 1.84. The minimum Gasteiger partial charge on any atom is -0.493 e. The molecule has 0 saturated carbocycles. The van der Waals surface area contributed by atoms with Crippen molar-refractivity contribution in [2.24, 2.45) is 0 Å². The van der Waals surface area contributed by atoms with Crippen LogP contribution in [0.5, 0.6) is 5.75 Å². The number of amides is 1. The molecule has 1 atom stereocenters. The zero-order valence-corrected chi connectivity index (χ0v) is 13.5. The minimum absolute atomic E-state index is 0.109. The number of sulfone groups is 1. The predicted octanol–water partition coefficient (Wildman–Crippen LogP) is 2.34. The molecule has 0 aromatic heterocycles. The summed E-state index contributed by atoms with van der Waals surface area (Å²) in [6, 6.07) is 13.5. The van der Waals surface area contributed by atoms with Crippen molar-refractivity contribution in [3.05, 3.63) is 59.7 Å². The van der Waals surface area contributed by atoms with Gasteiger partial charge in [0.1, 0.15) is 5.75 Å². The van der Waals surface area contributed by atoms with Gasteiger partial charge in [-0.1, -0.05) is 18.2 Å². The Morgan fingerprint density at radius 3 is 2.52 bits per heavy atom. The predicted molar refractivity (Wildman–Crippen MR) is 86.3 cm³/mol. The zero-order chi connectivity index (χ0) is 16.4. The second-order valence-corrected chi connectivity index (χ2v) is 7.51. The third kappa shape index (κ3) is 3.37. The Morgan fingerprint density at radius 1 is 1.13 bits per heavy atom. The van der Waals surface area contributed by atoms with E-state index in [1.54, 1.807) is 0 Å². The Morgan fingerprint density at radius 2 is 1.83 bits per heavy atom. The lowest BCUT2D eigenvalue weighted by atomic mass is 10.00.